The largest absolute Gasteiger partial charge is 0.481 e. The van der Waals surface area contributed by atoms with Gasteiger partial charge in [-0.1, -0.05) is 76.2 Å². The molecule has 0 unspecified atom stereocenters. The summed E-state index contributed by atoms with van der Waals surface area (Å²) in [5, 5.41) is 18.2. The number of aliphatic hydroxyl groups is 1. The lowest BCUT2D eigenvalue weighted by Gasteiger charge is -2.03. The Kier molecular flexibility index (Phi) is 15.5. The van der Waals surface area contributed by atoms with Crippen molar-refractivity contribution in [2.45, 2.75) is 90.1 Å². The number of rotatable bonds is 15. The number of carboxylic acid groups (broad SMARTS) is 1. The summed E-state index contributed by atoms with van der Waals surface area (Å²) in [6.07, 6.45) is 20.0. The molecule has 0 saturated heterocycles. The summed E-state index contributed by atoms with van der Waals surface area (Å²) >= 11 is 0. The van der Waals surface area contributed by atoms with Crippen molar-refractivity contribution < 1.29 is 15.0 Å². The van der Waals surface area contributed by atoms with Crippen LogP contribution in [0.4, 0.5) is 0 Å². The lowest BCUT2D eigenvalue weighted by atomic mass is 10.1. The molecule has 0 heterocycles. The fraction of sp³-hybridized carbons (Fsp3) is 0.737. The molecule has 0 aliphatic carbocycles. The van der Waals surface area contributed by atoms with Crippen LogP contribution in [0.15, 0.2) is 24.3 Å². The Morgan fingerprint density at radius 2 is 1.64 bits per heavy atom. The Bertz CT molecular complexity index is 308. The van der Waals surface area contributed by atoms with Gasteiger partial charge in [0.05, 0.1) is 6.10 Å². The third kappa shape index (κ3) is 17.0. The number of hydrogen-bond donors (Lipinski definition) is 2. The van der Waals surface area contributed by atoms with Crippen molar-refractivity contribution in [1.82, 2.24) is 0 Å². The van der Waals surface area contributed by atoms with E-state index in [-0.39, 0.29) is 6.10 Å². The molecule has 0 aromatic rings. The summed E-state index contributed by atoms with van der Waals surface area (Å²) < 4.78 is 0. The summed E-state index contributed by atoms with van der Waals surface area (Å²) in [5.41, 5.74) is 0. The maximum Gasteiger partial charge on any atom is 0.303 e. The normalized spacial score (nSPS) is 13.2. The summed E-state index contributed by atoms with van der Waals surface area (Å²) in [5.74, 6) is -0.686. The second kappa shape index (κ2) is 16.3. The fourth-order valence-corrected chi connectivity index (χ4v) is 2.31. The molecule has 0 amide bonds. The van der Waals surface area contributed by atoms with E-state index in [9.17, 15) is 9.90 Å². The van der Waals surface area contributed by atoms with E-state index in [0.717, 1.165) is 38.5 Å². The first kappa shape index (κ1) is 20.9. The van der Waals surface area contributed by atoms with E-state index in [1.807, 2.05) is 18.2 Å². The molecule has 0 spiro atoms. The number of hydrogen-bond acceptors (Lipinski definition) is 2. The average Bonchev–Trinajstić information content (AvgIpc) is 2.48. The number of carbonyl (C=O) groups is 1. The van der Waals surface area contributed by atoms with Crippen molar-refractivity contribution in [3.63, 3.8) is 0 Å². The summed E-state index contributed by atoms with van der Waals surface area (Å²) in [4.78, 5) is 10.3. The average molecular weight is 310 g/mol. The number of aliphatic hydroxyl groups excluding tert-OH is 1. The van der Waals surface area contributed by atoms with Crippen LogP contribution >= 0.6 is 0 Å². The monoisotopic (exact) mass is 310 g/mol. The van der Waals surface area contributed by atoms with Gasteiger partial charge in [0.25, 0.3) is 0 Å². The van der Waals surface area contributed by atoms with E-state index in [1.165, 1.54) is 32.1 Å². The van der Waals surface area contributed by atoms with Crippen LogP contribution in [0.1, 0.15) is 84.0 Å². The van der Waals surface area contributed by atoms with Gasteiger partial charge >= 0.3 is 5.97 Å². The number of aliphatic carboxylic acids is 1. The van der Waals surface area contributed by atoms with Crippen molar-refractivity contribution in [3.8, 4) is 0 Å². The topological polar surface area (TPSA) is 57.5 Å². The zero-order valence-corrected chi connectivity index (χ0v) is 14.2. The van der Waals surface area contributed by atoms with Gasteiger partial charge in [0.2, 0.25) is 0 Å². The molecule has 0 aliphatic heterocycles. The molecule has 0 fully saturated rings. The summed E-state index contributed by atoms with van der Waals surface area (Å²) in [7, 11) is 0. The van der Waals surface area contributed by atoms with Crippen LogP contribution in [0.2, 0.25) is 0 Å². The third-order valence-electron chi connectivity index (χ3n) is 3.70. The Morgan fingerprint density at radius 3 is 2.32 bits per heavy atom. The van der Waals surface area contributed by atoms with Crippen LogP contribution in [0.25, 0.3) is 0 Å². The minimum atomic E-state index is -0.686. The van der Waals surface area contributed by atoms with Crippen molar-refractivity contribution in [3.05, 3.63) is 24.3 Å². The maximum atomic E-state index is 10.3. The molecule has 3 nitrogen and oxygen atoms in total. The number of unbranched alkanes of at least 4 members (excludes halogenated alkanes) is 8. The Hall–Kier alpha value is -1.09. The summed E-state index contributed by atoms with van der Waals surface area (Å²) in [6, 6.07) is 0. The zero-order chi connectivity index (χ0) is 16.5. The quantitative estimate of drug-likeness (QED) is 0.321. The molecule has 0 radical (unpaired) electrons. The van der Waals surface area contributed by atoms with Gasteiger partial charge in [0.1, 0.15) is 0 Å². The van der Waals surface area contributed by atoms with E-state index < -0.39 is 5.97 Å². The first-order valence-electron chi connectivity index (χ1n) is 8.90. The predicted octanol–water partition coefficient (Wildman–Crippen LogP) is 5.25. The third-order valence-corrected chi connectivity index (χ3v) is 3.70. The predicted molar refractivity (Wildman–Crippen MR) is 93.0 cm³/mol. The minimum absolute atomic E-state index is 0.304. The van der Waals surface area contributed by atoms with Crippen LogP contribution < -0.4 is 0 Å². The Labute approximate surface area is 136 Å². The molecular weight excluding hydrogens is 276 g/mol. The van der Waals surface area contributed by atoms with Crippen LogP contribution in [0.5, 0.6) is 0 Å². The lowest BCUT2D eigenvalue weighted by molar-refractivity contribution is -0.137. The molecule has 0 bridgehead atoms. The maximum absolute atomic E-state index is 10.3. The van der Waals surface area contributed by atoms with Crippen LogP contribution in [-0.4, -0.2) is 22.3 Å². The molecular formula is C19H34O3. The van der Waals surface area contributed by atoms with Crippen LogP contribution in [-0.2, 0) is 4.79 Å². The van der Waals surface area contributed by atoms with E-state index in [2.05, 4.69) is 13.0 Å². The van der Waals surface area contributed by atoms with E-state index in [0.29, 0.717) is 6.42 Å². The van der Waals surface area contributed by atoms with Gasteiger partial charge in [0.15, 0.2) is 0 Å². The number of allylic oxidation sites excluding steroid dienone is 3. The van der Waals surface area contributed by atoms with Gasteiger partial charge < -0.3 is 10.2 Å². The highest BCUT2D eigenvalue weighted by molar-refractivity contribution is 5.66. The van der Waals surface area contributed by atoms with Crippen molar-refractivity contribution in [2.75, 3.05) is 0 Å². The second-order valence-electron chi connectivity index (χ2n) is 5.93. The van der Waals surface area contributed by atoms with Gasteiger partial charge in [-0.25, -0.2) is 0 Å². The van der Waals surface area contributed by atoms with Gasteiger partial charge in [-0.15, -0.1) is 0 Å². The summed E-state index contributed by atoms with van der Waals surface area (Å²) in [6.45, 7) is 2.17. The highest BCUT2D eigenvalue weighted by Gasteiger charge is 1.97. The molecule has 0 saturated carbocycles. The van der Waals surface area contributed by atoms with Gasteiger partial charge in [0, 0.05) is 6.42 Å². The SMILES string of the molecule is CCCCC[C@@H](O)/C=C/C=C\CCCCCCCCC(=O)O. The molecule has 0 aromatic heterocycles. The van der Waals surface area contributed by atoms with Gasteiger partial charge in [-0.3, -0.25) is 4.79 Å². The fourth-order valence-electron chi connectivity index (χ4n) is 2.31. The minimum Gasteiger partial charge on any atom is -0.481 e. The Morgan fingerprint density at radius 1 is 0.955 bits per heavy atom. The number of carboxylic acids is 1. The molecule has 0 aliphatic rings. The zero-order valence-electron chi connectivity index (χ0n) is 14.2. The first-order valence-corrected chi connectivity index (χ1v) is 8.90. The van der Waals surface area contributed by atoms with E-state index in [4.69, 9.17) is 5.11 Å². The standard InChI is InChI=1S/C19H34O3/c1-2-3-12-15-18(20)16-13-10-8-6-4-5-7-9-11-14-17-19(21)22/h8,10,13,16,18,20H,2-7,9,11-12,14-15,17H2,1H3,(H,21,22)/b10-8-,16-13+/t18-/m1/s1. The molecule has 0 rings (SSSR count). The van der Waals surface area contributed by atoms with Gasteiger partial charge in [-0.2, -0.15) is 0 Å². The lowest BCUT2D eigenvalue weighted by Crippen LogP contribution is -2.00. The molecule has 1 atom stereocenters. The second-order valence-corrected chi connectivity index (χ2v) is 5.93. The molecule has 128 valence electrons. The molecule has 2 N–H and O–H groups in total. The van der Waals surface area contributed by atoms with Crippen LogP contribution in [0, 0.1) is 0 Å². The van der Waals surface area contributed by atoms with E-state index >= 15 is 0 Å². The van der Waals surface area contributed by atoms with Gasteiger partial charge in [-0.05, 0) is 25.7 Å². The highest BCUT2D eigenvalue weighted by atomic mass is 16.4. The van der Waals surface area contributed by atoms with Crippen LogP contribution in [0.3, 0.4) is 0 Å². The molecule has 22 heavy (non-hydrogen) atoms. The van der Waals surface area contributed by atoms with Crippen molar-refractivity contribution in [1.29, 1.82) is 0 Å². The smallest absolute Gasteiger partial charge is 0.303 e. The van der Waals surface area contributed by atoms with Crippen molar-refractivity contribution >= 4 is 5.97 Å². The molecule has 0 aromatic carbocycles. The highest BCUT2D eigenvalue weighted by Crippen LogP contribution is 2.09. The first-order chi connectivity index (χ1) is 10.7. The van der Waals surface area contributed by atoms with Crippen molar-refractivity contribution in [2.24, 2.45) is 0 Å². The Balaban J connectivity index is 3.34. The van der Waals surface area contributed by atoms with E-state index in [1.54, 1.807) is 0 Å². The molecule has 3 heteroatoms.